The van der Waals surface area contributed by atoms with Crippen molar-refractivity contribution in [1.82, 2.24) is 14.5 Å². The molecular weight excluding hydrogens is 386 g/mol. The average molecular weight is 409 g/mol. The average Bonchev–Trinajstić information content (AvgIpc) is 2.76. The van der Waals surface area contributed by atoms with Crippen molar-refractivity contribution < 1.29 is 10.0 Å². The fourth-order valence-corrected chi connectivity index (χ4v) is 3.80. The van der Waals surface area contributed by atoms with Gasteiger partial charge in [-0.25, -0.2) is 4.98 Å². The second kappa shape index (κ2) is 8.60. The van der Waals surface area contributed by atoms with E-state index in [1.807, 2.05) is 18.2 Å². The second-order valence-corrected chi connectivity index (χ2v) is 7.44. The number of β-amino-alcohol motifs (C(OH)–C–C–N with tert-alkyl or cyclic N) is 1. The third-order valence-electron chi connectivity index (χ3n) is 5.39. The number of piperazine rings is 1. The lowest BCUT2D eigenvalue weighted by atomic mass is 10.2. The van der Waals surface area contributed by atoms with Crippen molar-refractivity contribution in [2.45, 2.75) is 12.6 Å². The Bertz CT molecular complexity index is 1090. The molecule has 30 heavy (non-hydrogen) atoms. The Morgan fingerprint density at radius 2 is 1.80 bits per heavy atom. The zero-order valence-corrected chi connectivity index (χ0v) is 16.4. The fourth-order valence-electron chi connectivity index (χ4n) is 3.80. The highest BCUT2D eigenvalue weighted by atomic mass is 16.6. The Labute approximate surface area is 172 Å². The van der Waals surface area contributed by atoms with E-state index in [9.17, 15) is 20.0 Å². The number of rotatable bonds is 6. The summed E-state index contributed by atoms with van der Waals surface area (Å²) < 4.78 is 1.32. The van der Waals surface area contributed by atoms with Gasteiger partial charge in [0, 0.05) is 50.5 Å². The Balaban J connectivity index is 1.39. The third kappa shape index (κ3) is 4.32. The van der Waals surface area contributed by atoms with Crippen molar-refractivity contribution in [1.29, 1.82) is 0 Å². The number of aliphatic hydroxyl groups is 1. The molecule has 1 atom stereocenters. The highest BCUT2D eigenvalue weighted by Crippen LogP contribution is 2.17. The largest absolute Gasteiger partial charge is 0.390 e. The molecular formula is C21H23N5O4. The first-order valence-corrected chi connectivity index (χ1v) is 9.85. The summed E-state index contributed by atoms with van der Waals surface area (Å²) in [6, 6.07) is 14.2. The molecule has 0 amide bonds. The predicted octanol–water partition coefficient (Wildman–Crippen LogP) is 1.49. The number of fused-ring (bicyclic) bond motifs is 1. The Morgan fingerprint density at radius 3 is 2.50 bits per heavy atom. The van der Waals surface area contributed by atoms with Gasteiger partial charge in [-0.2, -0.15) is 0 Å². The number of hydrogen-bond donors (Lipinski definition) is 1. The number of nitrogens with zero attached hydrogens (tertiary/aromatic N) is 5. The van der Waals surface area contributed by atoms with Crippen molar-refractivity contribution in [3.8, 4) is 0 Å². The quantitative estimate of drug-likeness (QED) is 0.486. The second-order valence-electron chi connectivity index (χ2n) is 7.44. The van der Waals surface area contributed by atoms with Crippen LogP contribution in [0, 0.1) is 10.1 Å². The Hall–Kier alpha value is -3.30. The summed E-state index contributed by atoms with van der Waals surface area (Å²) in [6.07, 6.45) is 0.636. The molecule has 1 aromatic heterocycles. The molecule has 9 heteroatoms. The van der Waals surface area contributed by atoms with Crippen LogP contribution in [0.3, 0.4) is 0 Å². The van der Waals surface area contributed by atoms with Gasteiger partial charge in [0.1, 0.15) is 0 Å². The smallest absolute Gasteiger partial charge is 0.270 e. The van der Waals surface area contributed by atoms with E-state index in [1.54, 1.807) is 0 Å². The van der Waals surface area contributed by atoms with E-state index in [1.165, 1.54) is 34.8 Å². The van der Waals surface area contributed by atoms with Crippen LogP contribution in [0.15, 0.2) is 59.7 Å². The number of non-ortho nitro benzene ring substituents is 1. The lowest BCUT2D eigenvalue weighted by Crippen LogP contribution is -2.49. The SMILES string of the molecule is O=c1c2cc([N+](=O)[O-])ccc2ncn1CC(O)CN1CCN(c2ccccc2)CC1. The first-order valence-electron chi connectivity index (χ1n) is 9.85. The van der Waals surface area contributed by atoms with Crippen LogP contribution in [0.4, 0.5) is 11.4 Å². The van der Waals surface area contributed by atoms with Crippen molar-refractivity contribution >= 4 is 22.3 Å². The van der Waals surface area contributed by atoms with E-state index in [4.69, 9.17) is 0 Å². The molecule has 1 saturated heterocycles. The molecule has 1 fully saturated rings. The standard InChI is InChI=1S/C21H23N5O4/c27-18(13-23-8-10-24(11-9-23)16-4-2-1-3-5-16)14-25-15-22-20-7-6-17(26(29)30)12-19(20)21(25)28/h1-7,12,15,18,27H,8-11,13-14H2. The number of benzene rings is 2. The number of nitro groups is 1. The molecule has 0 aliphatic carbocycles. The summed E-state index contributed by atoms with van der Waals surface area (Å²) in [7, 11) is 0. The normalized spacial score (nSPS) is 16.0. The van der Waals surface area contributed by atoms with Gasteiger partial charge >= 0.3 is 0 Å². The minimum Gasteiger partial charge on any atom is -0.390 e. The number of para-hydroxylation sites is 1. The van der Waals surface area contributed by atoms with Gasteiger partial charge in [-0.05, 0) is 18.2 Å². The molecule has 0 radical (unpaired) electrons. The van der Waals surface area contributed by atoms with Crippen LogP contribution in [0.2, 0.25) is 0 Å². The zero-order chi connectivity index (χ0) is 21.1. The maximum Gasteiger partial charge on any atom is 0.270 e. The third-order valence-corrected chi connectivity index (χ3v) is 5.39. The number of anilines is 1. The molecule has 156 valence electrons. The molecule has 0 saturated carbocycles. The zero-order valence-electron chi connectivity index (χ0n) is 16.4. The molecule has 0 bridgehead atoms. The molecule has 1 aliphatic rings. The van der Waals surface area contributed by atoms with E-state index in [2.05, 4.69) is 26.9 Å². The van der Waals surface area contributed by atoms with Crippen molar-refractivity contribution in [2.24, 2.45) is 0 Å². The molecule has 2 heterocycles. The summed E-state index contributed by atoms with van der Waals surface area (Å²) in [5.41, 5.74) is 1.04. The van der Waals surface area contributed by atoms with Gasteiger partial charge in [-0.3, -0.25) is 24.4 Å². The topological polar surface area (TPSA) is 105 Å². The van der Waals surface area contributed by atoms with Gasteiger partial charge in [0.25, 0.3) is 11.2 Å². The number of aromatic nitrogens is 2. The molecule has 3 aromatic rings. The monoisotopic (exact) mass is 409 g/mol. The maximum absolute atomic E-state index is 12.7. The first-order chi connectivity index (χ1) is 14.5. The first kappa shape index (κ1) is 20.0. The van der Waals surface area contributed by atoms with Crippen LogP contribution >= 0.6 is 0 Å². The highest BCUT2D eigenvalue weighted by molar-refractivity contribution is 5.79. The summed E-state index contributed by atoms with van der Waals surface area (Å²) in [5.74, 6) is 0. The van der Waals surface area contributed by atoms with Gasteiger partial charge in [0.2, 0.25) is 0 Å². The van der Waals surface area contributed by atoms with Gasteiger partial charge < -0.3 is 10.0 Å². The predicted molar refractivity (Wildman–Crippen MR) is 114 cm³/mol. The minimum absolute atomic E-state index is 0.0867. The van der Waals surface area contributed by atoms with Crippen LogP contribution in [0.25, 0.3) is 10.9 Å². The molecule has 9 nitrogen and oxygen atoms in total. The number of nitro benzene ring substituents is 1. The van der Waals surface area contributed by atoms with Gasteiger partial charge in [0.15, 0.2) is 0 Å². The lowest BCUT2D eigenvalue weighted by molar-refractivity contribution is -0.384. The summed E-state index contributed by atoms with van der Waals surface area (Å²) >= 11 is 0. The maximum atomic E-state index is 12.7. The summed E-state index contributed by atoms with van der Waals surface area (Å²) in [5, 5.41) is 21.7. The molecule has 2 aromatic carbocycles. The molecule has 1 N–H and O–H groups in total. The molecule has 0 spiro atoms. The van der Waals surface area contributed by atoms with E-state index < -0.39 is 16.6 Å². The molecule has 4 rings (SSSR count). The number of hydrogen-bond acceptors (Lipinski definition) is 7. The van der Waals surface area contributed by atoms with E-state index >= 15 is 0 Å². The van der Waals surface area contributed by atoms with Crippen molar-refractivity contribution in [3.05, 3.63) is 75.3 Å². The minimum atomic E-state index is -0.746. The van der Waals surface area contributed by atoms with Gasteiger partial charge in [-0.1, -0.05) is 18.2 Å². The van der Waals surface area contributed by atoms with Crippen LogP contribution in [-0.4, -0.2) is 63.3 Å². The van der Waals surface area contributed by atoms with Crippen LogP contribution in [-0.2, 0) is 6.54 Å². The highest BCUT2D eigenvalue weighted by Gasteiger charge is 2.20. The van der Waals surface area contributed by atoms with E-state index in [0.717, 1.165) is 26.2 Å². The van der Waals surface area contributed by atoms with Crippen LogP contribution in [0.1, 0.15) is 0 Å². The molecule has 1 unspecified atom stereocenters. The van der Waals surface area contributed by atoms with Crippen molar-refractivity contribution in [3.63, 3.8) is 0 Å². The van der Waals surface area contributed by atoms with E-state index in [0.29, 0.717) is 12.1 Å². The van der Waals surface area contributed by atoms with Crippen LogP contribution in [0.5, 0.6) is 0 Å². The van der Waals surface area contributed by atoms with Gasteiger partial charge in [0.05, 0.1) is 34.8 Å². The summed E-state index contributed by atoms with van der Waals surface area (Å²) in [6.45, 7) is 3.92. The van der Waals surface area contributed by atoms with Crippen molar-refractivity contribution in [2.75, 3.05) is 37.6 Å². The van der Waals surface area contributed by atoms with Crippen LogP contribution < -0.4 is 10.5 Å². The van der Waals surface area contributed by atoms with Gasteiger partial charge in [-0.15, -0.1) is 0 Å². The van der Waals surface area contributed by atoms with E-state index in [-0.39, 0.29) is 17.6 Å². The lowest BCUT2D eigenvalue weighted by Gasteiger charge is -2.36. The number of aliphatic hydroxyl groups excluding tert-OH is 1. The Morgan fingerprint density at radius 1 is 1.07 bits per heavy atom. The summed E-state index contributed by atoms with van der Waals surface area (Å²) in [4.78, 5) is 31.8. The molecule has 1 aliphatic heterocycles. The Kier molecular flexibility index (Phi) is 5.73. The fraction of sp³-hybridized carbons (Fsp3) is 0.333.